The maximum Gasteiger partial charge on any atom is 0.309 e. The Labute approximate surface area is 162 Å². The maximum atomic E-state index is 13.4. The minimum Gasteiger partial charge on any atom is -0.462 e. The Morgan fingerprint density at radius 2 is 1.70 bits per heavy atom. The summed E-state index contributed by atoms with van der Waals surface area (Å²) in [7, 11) is 0. The van der Waals surface area contributed by atoms with Crippen LogP contribution in [0.25, 0.3) is 0 Å². The van der Waals surface area contributed by atoms with Crippen LogP contribution in [-0.4, -0.2) is 23.6 Å². The number of benzene rings is 1. The Morgan fingerprint density at radius 3 is 2.19 bits per heavy atom. The Kier molecular flexibility index (Phi) is 8.00. The smallest absolute Gasteiger partial charge is 0.309 e. The van der Waals surface area contributed by atoms with Crippen molar-refractivity contribution in [3.8, 4) is 0 Å². The molecule has 0 aliphatic carbocycles. The van der Waals surface area contributed by atoms with Crippen molar-refractivity contribution in [3.63, 3.8) is 0 Å². The van der Waals surface area contributed by atoms with E-state index in [1.165, 1.54) is 12.1 Å². The van der Waals surface area contributed by atoms with Crippen molar-refractivity contribution >= 4 is 11.9 Å². The predicted molar refractivity (Wildman–Crippen MR) is 104 cm³/mol. The van der Waals surface area contributed by atoms with Crippen LogP contribution < -0.4 is 0 Å². The SMILES string of the molecule is Cc1cc(F)ccc1[C@H](C(C)C)[C@H](C)OC(=O)[C@H](C)CC(=O)OC(C)(C)C. The number of aryl methyl sites for hydroxylation is 1. The largest absolute Gasteiger partial charge is 0.462 e. The lowest BCUT2D eigenvalue weighted by Crippen LogP contribution is -2.31. The first-order valence-corrected chi connectivity index (χ1v) is 9.50. The van der Waals surface area contributed by atoms with E-state index in [0.29, 0.717) is 0 Å². The summed E-state index contributed by atoms with van der Waals surface area (Å²) in [5.41, 5.74) is 1.21. The molecular formula is C22H33FO4. The summed E-state index contributed by atoms with van der Waals surface area (Å²) in [6.45, 7) is 14.8. The highest BCUT2D eigenvalue weighted by atomic mass is 19.1. The van der Waals surface area contributed by atoms with Gasteiger partial charge in [0.2, 0.25) is 0 Å². The summed E-state index contributed by atoms with van der Waals surface area (Å²) in [4.78, 5) is 24.4. The van der Waals surface area contributed by atoms with E-state index in [-0.39, 0.29) is 24.1 Å². The highest BCUT2D eigenvalue weighted by Crippen LogP contribution is 2.32. The zero-order chi connectivity index (χ0) is 20.9. The van der Waals surface area contributed by atoms with Gasteiger partial charge in [-0.25, -0.2) is 4.39 Å². The van der Waals surface area contributed by atoms with Gasteiger partial charge in [0.05, 0.1) is 12.3 Å². The highest BCUT2D eigenvalue weighted by molar-refractivity contribution is 5.80. The molecule has 0 N–H and O–H groups in total. The first kappa shape index (κ1) is 23.1. The number of rotatable bonds is 7. The Morgan fingerprint density at radius 1 is 1.11 bits per heavy atom. The minimum absolute atomic E-state index is 0.0231. The number of hydrogen-bond donors (Lipinski definition) is 0. The molecule has 5 heteroatoms. The number of hydrogen-bond acceptors (Lipinski definition) is 4. The van der Waals surface area contributed by atoms with Gasteiger partial charge in [0.1, 0.15) is 17.5 Å². The van der Waals surface area contributed by atoms with E-state index < -0.39 is 29.6 Å². The van der Waals surface area contributed by atoms with E-state index in [1.807, 2.05) is 27.7 Å². The van der Waals surface area contributed by atoms with Crippen molar-refractivity contribution in [1.82, 2.24) is 0 Å². The van der Waals surface area contributed by atoms with Crippen molar-refractivity contribution in [2.24, 2.45) is 11.8 Å². The Bertz CT molecular complexity index is 661. The van der Waals surface area contributed by atoms with E-state index >= 15 is 0 Å². The molecule has 0 bridgehead atoms. The lowest BCUT2D eigenvalue weighted by Gasteiger charge is -2.30. The molecule has 0 saturated carbocycles. The maximum absolute atomic E-state index is 13.4. The second kappa shape index (κ2) is 9.34. The molecule has 152 valence electrons. The summed E-state index contributed by atoms with van der Waals surface area (Å²) >= 11 is 0. The van der Waals surface area contributed by atoms with Crippen LogP contribution in [0.3, 0.4) is 0 Å². The first-order chi connectivity index (χ1) is 12.3. The third-order valence-corrected chi connectivity index (χ3v) is 4.41. The molecule has 0 unspecified atom stereocenters. The fraction of sp³-hybridized carbons (Fsp3) is 0.636. The van der Waals surface area contributed by atoms with Crippen LogP contribution in [0.2, 0.25) is 0 Å². The zero-order valence-corrected chi connectivity index (χ0v) is 17.8. The predicted octanol–water partition coefficient (Wildman–Crippen LogP) is 5.17. The van der Waals surface area contributed by atoms with Gasteiger partial charge in [-0.1, -0.05) is 26.8 Å². The zero-order valence-electron chi connectivity index (χ0n) is 17.8. The van der Waals surface area contributed by atoms with Gasteiger partial charge in [-0.2, -0.15) is 0 Å². The van der Waals surface area contributed by atoms with Gasteiger partial charge >= 0.3 is 11.9 Å². The first-order valence-electron chi connectivity index (χ1n) is 9.50. The van der Waals surface area contributed by atoms with Crippen LogP contribution >= 0.6 is 0 Å². The molecule has 0 aliphatic rings. The normalized spacial score (nSPS) is 15.2. The lowest BCUT2D eigenvalue weighted by molar-refractivity contribution is -0.163. The molecule has 0 heterocycles. The van der Waals surface area contributed by atoms with Gasteiger partial charge in [0, 0.05) is 5.92 Å². The molecule has 0 aliphatic heterocycles. The summed E-state index contributed by atoms with van der Waals surface area (Å²) in [6.07, 6.45) is -0.423. The Balaban J connectivity index is 2.82. The molecule has 0 saturated heterocycles. The third kappa shape index (κ3) is 7.31. The van der Waals surface area contributed by atoms with Crippen molar-refractivity contribution in [2.45, 2.75) is 79.4 Å². The van der Waals surface area contributed by atoms with Gasteiger partial charge in [-0.05, 0) is 63.8 Å². The molecule has 0 radical (unpaired) electrons. The summed E-state index contributed by atoms with van der Waals surface area (Å²) in [5, 5.41) is 0. The van der Waals surface area contributed by atoms with E-state index in [0.717, 1.165) is 11.1 Å². The fourth-order valence-corrected chi connectivity index (χ4v) is 3.26. The molecule has 4 nitrogen and oxygen atoms in total. The Hall–Kier alpha value is -1.91. The molecule has 1 aromatic rings. The standard InChI is InChI=1S/C22H33FO4/c1-13(2)20(18-10-9-17(23)11-14(18)3)16(5)26-21(25)15(4)12-19(24)27-22(6,7)8/h9-11,13,15-16,20H,12H2,1-8H3/t15-,16+,20-/m1/s1. The summed E-state index contributed by atoms with van der Waals surface area (Å²) in [6, 6.07) is 4.67. The van der Waals surface area contributed by atoms with E-state index in [9.17, 15) is 14.0 Å². The topological polar surface area (TPSA) is 52.6 Å². The number of carbonyl (C=O) groups is 2. The van der Waals surface area contributed by atoms with Gasteiger partial charge in [0.25, 0.3) is 0 Å². The van der Waals surface area contributed by atoms with Crippen LogP contribution in [0.4, 0.5) is 4.39 Å². The van der Waals surface area contributed by atoms with Gasteiger partial charge in [0.15, 0.2) is 0 Å². The monoisotopic (exact) mass is 380 g/mol. The lowest BCUT2D eigenvalue weighted by atomic mass is 9.82. The molecule has 0 aromatic heterocycles. The molecule has 1 rings (SSSR count). The molecule has 0 spiro atoms. The van der Waals surface area contributed by atoms with E-state index in [1.54, 1.807) is 33.8 Å². The molecule has 0 amide bonds. The molecule has 1 aromatic carbocycles. The fourth-order valence-electron chi connectivity index (χ4n) is 3.26. The van der Waals surface area contributed by atoms with Crippen LogP contribution in [0.15, 0.2) is 18.2 Å². The second-order valence-corrected chi connectivity index (χ2v) is 8.60. The third-order valence-electron chi connectivity index (χ3n) is 4.41. The molecule has 0 fully saturated rings. The minimum atomic E-state index is -0.593. The van der Waals surface area contributed by atoms with E-state index in [4.69, 9.17) is 9.47 Å². The molecule has 3 atom stereocenters. The van der Waals surface area contributed by atoms with Crippen molar-refractivity contribution in [3.05, 3.63) is 35.1 Å². The second-order valence-electron chi connectivity index (χ2n) is 8.60. The highest BCUT2D eigenvalue weighted by Gasteiger charge is 2.30. The number of ether oxygens (including phenoxy) is 2. The number of carbonyl (C=O) groups excluding carboxylic acids is 2. The summed E-state index contributed by atoms with van der Waals surface area (Å²) < 4.78 is 24.4. The van der Waals surface area contributed by atoms with Crippen LogP contribution in [0.5, 0.6) is 0 Å². The number of halogens is 1. The molecule has 27 heavy (non-hydrogen) atoms. The van der Waals surface area contributed by atoms with Gasteiger partial charge < -0.3 is 9.47 Å². The van der Waals surface area contributed by atoms with Gasteiger partial charge in [-0.15, -0.1) is 0 Å². The quantitative estimate of drug-likeness (QED) is 0.612. The molecular weight excluding hydrogens is 347 g/mol. The van der Waals surface area contributed by atoms with E-state index in [2.05, 4.69) is 0 Å². The van der Waals surface area contributed by atoms with Crippen LogP contribution in [0, 0.1) is 24.6 Å². The van der Waals surface area contributed by atoms with Crippen LogP contribution in [0.1, 0.15) is 71.9 Å². The average Bonchev–Trinajstić information content (AvgIpc) is 2.47. The van der Waals surface area contributed by atoms with Crippen molar-refractivity contribution in [1.29, 1.82) is 0 Å². The van der Waals surface area contributed by atoms with Crippen LogP contribution in [-0.2, 0) is 19.1 Å². The van der Waals surface area contributed by atoms with Gasteiger partial charge in [-0.3, -0.25) is 9.59 Å². The van der Waals surface area contributed by atoms with Crippen molar-refractivity contribution in [2.75, 3.05) is 0 Å². The number of esters is 2. The van der Waals surface area contributed by atoms with Crippen molar-refractivity contribution < 1.29 is 23.5 Å². The average molecular weight is 381 g/mol. The summed E-state index contributed by atoms with van der Waals surface area (Å²) in [5.74, 6) is -1.60.